The Bertz CT molecular complexity index is 646. The molecule has 2 aromatic rings. The normalized spacial score (nSPS) is 17.2. The van der Waals surface area contributed by atoms with E-state index in [0.29, 0.717) is 17.4 Å². The molecule has 7 heteroatoms. The Morgan fingerprint density at radius 1 is 1.50 bits per heavy atom. The van der Waals surface area contributed by atoms with Crippen LogP contribution in [0.25, 0.3) is 0 Å². The molecule has 1 aromatic heterocycles. The van der Waals surface area contributed by atoms with Crippen LogP contribution in [0.3, 0.4) is 0 Å². The van der Waals surface area contributed by atoms with Crippen LogP contribution in [-0.2, 0) is 11.3 Å². The van der Waals surface area contributed by atoms with Crippen molar-refractivity contribution in [3.8, 4) is 0 Å². The van der Waals surface area contributed by atoms with E-state index in [2.05, 4.69) is 14.5 Å². The molecule has 1 aromatic carbocycles. The van der Waals surface area contributed by atoms with Gasteiger partial charge < -0.3 is 10.0 Å². The molecule has 20 heavy (non-hydrogen) atoms. The second-order valence-corrected chi connectivity index (χ2v) is 6.08. The topological polar surface area (TPSA) is 66.3 Å². The minimum Gasteiger partial charge on any atom is -0.481 e. The zero-order valence-corrected chi connectivity index (χ0v) is 12.1. The lowest BCUT2D eigenvalue weighted by Crippen LogP contribution is -2.22. The molecule has 3 rings (SSSR count). The fourth-order valence-corrected chi connectivity index (χ4v) is 3.20. The van der Waals surface area contributed by atoms with Crippen LogP contribution in [-0.4, -0.2) is 27.2 Å². The maximum absolute atomic E-state index is 11.0. The van der Waals surface area contributed by atoms with Crippen molar-refractivity contribution in [3.63, 3.8) is 0 Å². The molecule has 0 amide bonds. The Morgan fingerprint density at radius 2 is 2.30 bits per heavy atom. The molecule has 1 N–H and O–H groups in total. The van der Waals surface area contributed by atoms with Crippen molar-refractivity contribution in [2.45, 2.75) is 18.9 Å². The summed E-state index contributed by atoms with van der Waals surface area (Å²) in [5.41, 5.74) is 2.87. The van der Waals surface area contributed by atoms with E-state index in [0.717, 1.165) is 28.5 Å². The summed E-state index contributed by atoms with van der Waals surface area (Å²) in [4.78, 5) is 13.1. The molecule has 0 spiro atoms. The SMILES string of the molecule is O=C(O)CC1CN(Cc2nnsc2Cl)c2ccccc21. The maximum Gasteiger partial charge on any atom is 0.304 e. The van der Waals surface area contributed by atoms with Gasteiger partial charge >= 0.3 is 5.97 Å². The van der Waals surface area contributed by atoms with Gasteiger partial charge in [0.2, 0.25) is 0 Å². The van der Waals surface area contributed by atoms with Gasteiger partial charge in [0.05, 0.1) is 13.0 Å². The Labute approximate surface area is 125 Å². The van der Waals surface area contributed by atoms with Crippen molar-refractivity contribution in [2.75, 3.05) is 11.4 Å². The van der Waals surface area contributed by atoms with E-state index in [4.69, 9.17) is 16.7 Å². The number of carboxylic acids is 1. The van der Waals surface area contributed by atoms with Crippen molar-refractivity contribution in [1.82, 2.24) is 9.59 Å². The van der Waals surface area contributed by atoms with Gasteiger partial charge in [0, 0.05) is 29.7 Å². The van der Waals surface area contributed by atoms with Gasteiger partial charge in [-0.15, -0.1) is 5.10 Å². The van der Waals surface area contributed by atoms with Gasteiger partial charge in [-0.25, -0.2) is 0 Å². The molecular weight excluding hydrogens is 298 g/mol. The first-order chi connectivity index (χ1) is 9.65. The second-order valence-electron chi connectivity index (χ2n) is 4.73. The summed E-state index contributed by atoms with van der Waals surface area (Å²) in [5, 5.41) is 13.0. The molecule has 0 aliphatic carbocycles. The number of halogens is 1. The van der Waals surface area contributed by atoms with E-state index < -0.39 is 5.97 Å². The summed E-state index contributed by atoms with van der Waals surface area (Å²) >= 11 is 7.20. The van der Waals surface area contributed by atoms with E-state index in [-0.39, 0.29) is 12.3 Å². The fourth-order valence-electron chi connectivity index (χ4n) is 2.59. The van der Waals surface area contributed by atoms with Gasteiger partial charge in [-0.2, -0.15) is 0 Å². The average Bonchev–Trinajstić information content (AvgIpc) is 2.96. The molecule has 104 valence electrons. The largest absolute Gasteiger partial charge is 0.481 e. The quantitative estimate of drug-likeness (QED) is 0.940. The minimum atomic E-state index is -0.778. The van der Waals surface area contributed by atoms with E-state index >= 15 is 0 Å². The summed E-state index contributed by atoms with van der Waals surface area (Å²) in [6.07, 6.45) is 0.135. The highest BCUT2D eigenvalue weighted by molar-refractivity contribution is 7.10. The Balaban J connectivity index is 1.87. The lowest BCUT2D eigenvalue weighted by atomic mass is 9.98. The Kier molecular flexibility index (Phi) is 3.58. The number of carboxylic acid groups (broad SMARTS) is 1. The molecule has 1 aliphatic rings. The minimum absolute atomic E-state index is 0.00840. The summed E-state index contributed by atoms with van der Waals surface area (Å²) < 4.78 is 4.41. The van der Waals surface area contributed by atoms with E-state index in [1.54, 1.807) is 0 Å². The predicted molar refractivity (Wildman–Crippen MR) is 77.4 cm³/mol. The van der Waals surface area contributed by atoms with Crippen LogP contribution in [0.5, 0.6) is 0 Å². The first-order valence-corrected chi connectivity index (χ1v) is 7.32. The number of benzene rings is 1. The van der Waals surface area contributed by atoms with Gasteiger partial charge in [0.1, 0.15) is 10.0 Å². The molecule has 2 heterocycles. The van der Waals surface area contributed by atoms with E-state index in [9.17, 15) is 4.79 Å². The molecule has 0 saturated carbocycles. The molecule has 5 nitrogen and oxygen atoms in total. The Morgan fingerprint density at radius 3 is 3.00 bits per heavy atom. The number of aliphatic carboxylic acids is 1. The highest BCUT2D eigenvalue weighted by atomic mass is 35.5. The number of anilines is 1. The third kappa shape index (κ3) is 2.48. The summed E-state index contributed by atoms with van der Waals surface area (Å²) in [6, 6.07) is 7.89. The second kappa shape index (κ2) is 5.38. The van der Waals surface area contributed by atoms with E-state index in [1.807, 2.05) is 24.3 Å². The van der Waals surface area contributed by atoms with Crippen LogP contribution >= 0.6 is 23.1 Å². The molecule has 0 bridgehead atoms. The molecule has 0 radical (unpaired) electrons. The summed E-state index contributed by atoms with van der Waals surface area (Å²) in [7, 11) is 0. The van der Waals surface area contributed by atoms with Crippen molar-refractivity contribution in [3.05, 3.63) is 39.9 Å². The highest BCUT2D eigenvalue weighted by Gasteiger charge is 2.30. The van der Waals surface area contributed by atoms with Crippen LogP contribution in [0, 0.1) is 0 Å². The summed E-state index contributed by atoms with van der Waals surface area (Å²) in [5.74, 6) is -0.769. The number of carbonyl (C=O) groups is 1. The first kappa shape index (κ1) is 13.3. The molecule has 0 fully saturated rings. The predicted octanol–water partition coefficient (Wildman–Crippen LogP) is 2.77. The number of hydrogen-bond acceptors (Lipinski definition) is 5. The lowest BCUT2D eigenvalue weighted by molar-refractivity contribution is -0.137. The van der Waals surface area contributed by atoms with Crippen molar-refractivity contribution < 1.29 is 9.90 Å². The van der Waals surface area contributed by atoms with E-state index in [1.165, 1.54) is 0 Å². The fraction of sp³-hybridized carbons (Fsp3) is 0.308. The highest BCUT2D eigenvalue weighted by Crippen LogP contribution is 2.39. The first-order valence-electron chi connectivity index (χ1n) is 6.17. The van der Waals surface area contributed by atoms with Crippen LogP contribution in [0.1, 0.15) is 23.6 Å². The maximum atomic E-state index is 11.0. The van der Waals surface area contributed by atoms with Gasteiger partial charge in [-0.3, -0.25) is 4.79 Å². The number of rotatable bonds is 4. The molecular formula is C13H12ClN3O2S. The lowest BCUT2D eigenvalue weighted by Gasteiger charge is -2.18. The van der Waals surface area contributed by atoms with Crippen LogP contribution in [0.4, 0.5) is 5.69 Å². The average molecular weight is 310 g/mol. The zero-order valence-electron chi connectivity index (χ0n) is 10.5. The summed E-state index contributed by atoms with van der Waals surface area (Å²) in [6.45, 7) is 1.22. The van der Waals surface area contributed by atoms with Gasteiger partial charge in [0.15, 0.2) is 0 Å². The van der Waals surface area contributed by atoms with Crippen molar-refractivity contribution >= 4 is 34.8 Å². The standard InChI is InChI=1S/C13H12ClN3O2S/c14-13-10(15-16-20-13)7-17-6-8(5-12(18)19)9-3-1-2-4-11(9)17/h1-4,8H,5-7H2,(H,18,19). The van der Waals surface area contributed by atoms with Crippen molar-refractivity contribution in [1.29, 1.82) is 0 Å². The Hall–Kier alpha value is -1.66. The number of para-hydroxylation sites is 1. The molecule has 0 saturated heterocycles. The number of aromatic nitrogens is 2. The number of hydrogen-bond donors (Lipinski definition) is 1. The third-order valence-electron chi connectivity index (χ3n) is 3.43. The molecule has 1 aliphatic heterocycles. The van der Waals surface area contributed by atoms with Crippen LogP contribution < -0.4 is 4.90 Å². The number of fused-ring (bicyclic) bond motifs is 1. The van der Waals surface area contributed by atoms with Gasteiger partial charge in [0.25, 0.3) is 0 Å². The number of nitrogens with zero attached hydrogens (tertiary/aromatic N) is 3. The van der Waals surface area contributed by atoms with Gasteiger partial charge in [-0.1, -0.05) is 34.3 Å². The molecule has 1 atom stereocenters. The van der Waals surface area contributed by atoms with Crippen LogP contribution in [0.15, 0.2) is 24.3 Å². The monoisotopic (exact) mass is 309 g/mol. The molecule has 1 unspecified atom stereocenters. The third-order valence-corrected chi connectivity index (χ3v) is 4.41. The van der Waals surface area contributed by atoms with Gasteiger partial charge in [-0.05, 0) is 11.6 Å². The van der Waals surface area contributed by atoms with Crippen molar-refractivity contribution in [2.24, 2.45) is 0 Å². The zero-order chi connectivity index (χ0) is 14.1. The smallest absolute Gasteiger partial charge is 0.304 e. The van der Waals surface area contributed by atoms with Crippen LogP contribution in [0.2, 0.25) is 4.34 Å².